The molecule has 0 fully saturated rings. The molecule has 9 nitrogen and oxygen atoms in total. The first-order valence-electron chi connectivity index (χ1n) is 10.00. The fraction of sp³-hybridized carbons (Fsp3) is 0.182. The number of hydrogen-bond donors (Lipinski definition) is 2. The fourth-order valence-corrected chi connectivity index (χ4v) is 3.86. The van der Waals surface area contributed by atoms with Crippen LogP contribution in [-0.4, -0.2) is 46.5 Å². The monoisotopic (exact) mass is 487 g/mol. The summed E-state index contributed by atoms with van der Waals surface area (Å²) in [5, 5.41) is -0.554. The highest BCUT2D eigenvalue weighted by Crippen LogP contribution is 2.29. The van der Waals surface area contributed by atoms with Crippen LogP contribution in [0.2, 0.25) is 0 Å². The normalized spacial score (nSPS) is 11.7. The fourth-order valence-electron chi connectivity index (χ4n) is 3.17. The summed E-state index contributed by atoms with van der Waals surface area (Å²) in [6.45, 7) is 2.81. The second kappa shape index (κ2) is 8.78. The van der Waals surface area contributed by atoms with E-state index >= 15 is 4.39 Å². The zero-order valence-corrected chi connectivity index (χ0v) is 19.1. The number of ketones is 1. The Hall–Kier alpha value is -3.93. The predicted molar refractivity (Wildman–Crippen MR) is 121 cm³/mol. The number of pyridine rings is 1. The minimum Gasteiger partial charge on any atom is -0.467 e. The maximum atomic E-state index is 15.1. The number of ether oxygens (including phenoxy) is 1. The molecule has 34 heavy (non-hydrogen) atoms. The number of halogens is 2. The summed E-state index contributed by atoms with van der Waals surface area (Å²) in [6, 6.07) is 3.55. The van der Waals surface area contributed by atoms with E-state index in [-0.39, 0.29) is 11.6 Å². The van der Waals surface area contributed by atoms with Gasteiger partial charge in [-0.25, -0.2) is 32.2 Å². The van der Waals surface area contributed by atoms with Gasteiger partial charge in [0.15, 0.2) is 5.82 Å². The zero-order chi connectivity index (χ0) is 24.6. The molecule has 0 aliphatic rings. The van der Waals surface area contributed by atoms with Crippen LogP contribution in [0.5, 0.6) is 6.01 Å². The van der Waals surface area contributed by atoms with Crippen LogP contribution in [0.15, 0.2) is 43.0 Å². The number of sulfonamides is 1. The Labute approximate surface area is 193 Å². The Morgan fingerprint density at radius 1 is 1.09 bits per heavy atom. The van der Waals surface area contributed by atoms with E-state index in [1.807, 2.05) is 0 Å². The maximum Gasteiger partial charge on any atom is 0.316 e. The maximum absolute atomic E-state index is 15.1. The van der Waals surface area contributed by atoms with Crippen molar-refractivity contribution in [2.45, 2.75) is 19.1 Å². The largest absolute Gasteiger partial charge is 0.467 e. The third-order valence-electron chi connectivity index (χ3n) is 5.11. The van der Waals surface area contributed by atoms with Gasteiger partial charge in [0.1, 0.15) is 11.5 Å². The summed E-state index contributed by atoms with van der Waals surface area (Å²) in [7, 11) is -2.49. The number of hydrogen-bond acceptors (Lipinski definition) is 7. The second-order valence-corrected chi connectivity index (χ2v) is 9.83. The van der Waals surface area contributed by atoms with Crippen molar-refractivity contribution in [3.8, 4) is 17.1 Å². The van der Waals surface area contributed by atoms with Gasteiger partial charge >= 0.3 is 6.01 Å². The first-order valence-corrected chi connectivity index (χ1v) is 11.5. The SMILES string of the molecule is COc1ncc(-c2cnc3[nH]cc(C(=O)c4c(F)ccc(NS(=O)(=O)C(C)C)c4F)c3c2)cn1. The number of carbonyl (C=O) groups is 1. The Kier molecular flexibility index (Phi) is 6.00. The van der Waals surface area contributed by atoms with Gasteiger partial charge in [-0.1, -0.05) is 0 Å². The smallest absolute Gasteiger partial charge is 0.316 e. The number of carbonyl (C=O) groups excluding carboxylic acids is 1. The molecular weight excluding hydrogens is 468 g/mol. The molecule has 12 heteroatoms. The number of methoxy groups -OCH3 is 1. The topological polar surface area (TPSA) is 127 Å². The van der Waals surface area contributed by atoms with Crippen LogP contribution < -0.4 is 9.46 Å². The molecule has 0 saturated carbocycles. The molecule has 0 amide bonds. The second-order valence-electron chi connectivity index (χ2n) is 7.59. The van der Waals surface area contributed by atoms with Crippen LogP contribution in [0.4, 0.5) is 14.5 Å². The molecule has 0 atom stereocenters. The highest BCUT2D eigenvalue weighted by atomic mass is 32.2. The average Bonchev–Trinajstić information content (AvgIpc) is 3.24. The molecule has 2 N–H and O–H groups in total. The number of nitrogens with one attached hydrogen (secondary N) is 2. The number of aromatic amines is 1. The summed E-state index contributed by atoms with van der Waals surface area (Å²) < 4.78 is 61.0. The van der Waals surface area contributed by atoms with E-state index in [0.717, 1.165) is 12.1 Å². The van der Waals surface area contributed by atoms with E-state index in [2.05, 4.69) is 24.7 Å². The van der Waals surface area contributed by atoms with Gasteiger partial charge < -0.3 is 9.72 Å². The van der Waals surface area contributed by atoms with Crippen LogP contribution in [0.3, 0.4) is 0 Å². The lowest BCUT2D eigenvalue weighted by molar-refractivity contribution is 0.103. The Bertz CT molecular complexity index is 1500. The molecule has 4 rings (SSSR count). The van der Waals surface area contributed by atoms with E-state index in [1.54, 1.807) is 6.07 Å². The van der Waals surface area contributed by atoms with Crippen molar-refractivity contribution in [2.75, 3.05) is 11.8 Å². The molecule has 3 aromatic heterocycles. The molecule has 4 aromatic rings. The van der Waals surface area contributed by atoms with Crippen molar-refractivity contribution >= 4 is 32.5 Å². The molecule has 0 unspecified atom stereocenters. The van der Waals surface area contributed by atoms with Gasteiger partial charge in [0.2, 0.25) is 15.8 Å². The minimum atomic E-state index is -3.92. The molecular formula is C22H19F2N5O4S. The van der Waals surface area contributed by atoms with Gasteiger partial charge in [-0.2, -0.15) is 0 Å². The van der Waals surface area contributed by atoms with Crippen molar-refractivity contribution in [3.05, 3.63) is 65.7 Å². The summed E-state index contributed by atoms with van der Waals surface area (Å²) in [5.41, 5.74) is 0.00965. The van der Waals surface area contributed by atoms with Gasteiger partial charge in [-0.05, 0) is 32.0 Å². The highest BCUT2D eigenvalue weighted by Gasteiger charge is 2.26. The lowest BCUT2D eigenvalue weighted by Gasteiger charge is -2.13. The quantitative estimate of drug-likeness (QED) is 0.381. The third kappa shape index (κ3) is 4.19. The van der Waals surface area contributed by atoms with E-state index in [1.165, 1.54) is 45.7 Å². The van der Waals surface area contributed by atoms with Crippen molar-refractivity contribution in [1.29, 1.82) is 0 Å². The molecule has 3 heterocycles. The van der Waals surface area contributed by atoms with Crippen molar-refractivity contribution in [3.63, 3.8) is 0 Å². The standard InChI is InChI=1S/C22H19F2N5O4S/c1-11(2)34(31,32)29-17-5-4-16(23)18(19(17)24)20(30)15-10-26-21-14(15)6-12(7-25-21)13-8-27-22(33-3)28-9-13/h4-11,29H,1-3H3,(H,25,26). The van der Waals surface area contributed by atoms with Crippen molar-refractivity contribution in [2.24, 2.45) is 0 Å². The molecule has 176 valence electrons. The van der Waals surface area contributed by atoms with Crippen LogP contribution in [-0.2, 0) is 10.0 Å². The highest BCUT2D eigenvalue weighted by molar-refractivity contribution is 7.93. The van der Waals surface area contributed by atoms with Gasteiger partial charge in [0.05, 0.1) is 23.6 Å². The minimum absolute atomic E-state index is 0.0413. The first kappa shape index (κ1) is 23.2. The number of aromatic nitrogens is 4. The molecule has 0 spiro atoms. The Balaban J connectivity index is 1.78. The number of nitrogens with zero attached hydrogens (tertiary/aromatic N) is 3. The molecule has 0 radical (unpaired) electrons. The average molecular weight is 487 g/mol. The van der Waals surface area contributed by atoms with Crippen LogP contribution in [0, 0.1) is 11.6 Å². The summed E-state index contributed by atoms with van der Waals surface area (Å²) in [5.74, 6) is -3.41. The molecule has 0 bridgehead atoms. The first-order chi connectivity index (χ1) is 16.1. The lowest BCUT2D eigenvalue weighted by atomic mass is 10.0. The Morgan fingerprint density at radius 3 is 2.41 bits per heavy atom. The zero-order valence-electron chi connectivity index (χ0n) is 18.3. The summed E-state index contributed by atoms with van der Waals surface area (Å²) >= 11 is 0. The van der Waals surface area contributed by atoms with E-state index in [0.29, 0.717) is 22.2 Å². The van der Waals surface area contributed by atoms with E-state index in [9.17, 15) is 17.6 Å². The van der Waals surface area contributed by atoms with E-state index in [4.69, 9.17) is 4.74 Å². The van der Waals surface area contributed by atoms with Crippen molar-refractivity contribution < 1.29 is 26.7 Å². The van der Waals surface area contributed by atoms with Crippen molar-refractivity contribution in [1.82, 2.24) is 19.9 Å². The number of benzene rings is 1. The van der Waals surface area contributed by atoms with Gasteiger partial charge in [-0.3, -0.25) is 9.52 Å². The third-order valence-corrected chi connectivity index (χ3v) is 6.86. The summed E-state index contributed by atoms with van der Waals surface area (Å²) in [6.07, 6.45) is 5.83. The van der Waals surface area contributed by atoms with E-state index < -0.39 is 43.9 Å². The number of anilines is 1. The summed E-state index contributed by atoms with van der Waals surface area (Å²) in [4.78, 5) is 28.3. The lowest BCUT2D eigenvalue weighted by Crippen LogP contribution is -2.23. The van der Waals surface area contributed by atoms with Crippen LogP contribution in [0.25, 0.3) is 22.2 Å². The molecule has 0 aliphatic carbocycles. The van der Waals surface area contributed by atoms with Gasteiger partial charge in [0.25, 0.3) is 0 Å². The predicted octanol–water partition coefficient (Wildman–Crippen LogP) is 3.69. The Morgan fingerprint density at radius 2 is 1.76 bits per heavy atom. The van der Waals surface area contributed by atoms with Gasteiger partial charge in [0, 0.05) is 46.9 Å². The molecule has 1 aromatic carbocycles. The number of H-pyrrole nitrogens is 1. The van der Waals surface area contributed by atoms with Crippen LogP contribution >= 0.6 is 0 Å². The molecule has 0 saturated heterocycles. The van der Waals surface area contributed by atoms with Gasteiger partial charge in [-0.15, -0.1) is 0 Å². The van der Waals surface area contributed by atoms with Crippen LogP contribution in [0.1, 0.15) is 29.8 Å². The molecule has 0 aliphatic heterocycles. The number of rotatable bonds is 7. The number of fused-ring (bicyclic) bond motifs is 1.